The molecule has 1 aliphatic carbocycles. The van der Waals surface area contributed by atoms with Gasteiger partial charge in [0, 0.05) is 92.9 Å². The van der Waals surface area contributed by atoms with E-state index in [1.807, 2.05) is 18.2 Å². The minimum atomic E-state index is -4.67. The van der Waals surface area contributed by atoms with Crippen LogP contribution in [0, 0.1) is 15.5 Å². The number of carbonyl (C=O) groups is 1. The molecule has 65 heavy (non-hydrogen) atoms. The lowest BCUT2D eigenvalue weighted by atomic mass is 9.72. The number of hydrogen-bond donors (Lipinski definition) is 4. The maximum atomic E-state index is 14.0. The number of piperazine rings is 1. The molecule has 16 nitrogen and oxygen atoms in total. The van der Waals surface area contributed by atoms with E-state index in [0.29, 0.717) is 50.5 Å². The first kappa shape index (κ1) is 44.5. The van der Waals surface area contributed by atoms with Crippen LogP contribution >= 0.6 is 11.6 Å². The zero-order valence-electron chi connectivity index (χ0n) is 36.6. The first-order chi connectivity index (χ1) is 31.0. The van der Waals surface area contributed by atoms with Crippen molar-refractivity contribution in [3.63, 3.8) is 0 Å². The number of benzene rings is 3. The van der Waals surface area contributed by atoms with Crippen LogP contribution in [0.1, 0.15) is 62.4 Å². The van der Waals surface area contributed by atoms with Gasteiger partial charge in [0.05, 0.1) is 33.2 Å². The van der Waals surface area contributed by atoms with Crippen molar-refractivity contribution in [2.24, 2.45) is 5.41 Å². The van der Waals surface area contributed by atoms with E-state index in [1.165, 1.54) is 35.0 Å². The number of carbonyl (C=O) groups excluding carboxylic acids is 1. The van der Waals surface area contributed by atoms with Crippen LogP contribution in [0.2, 0.25) is 5.02 Å². The Balaban J connectivity index is 0.926. The van der Waals surface area contributed by atoms with Crippen LogP contribution in [0.3, 0.4) is 0 Å². The summed E-state index contributed by atoms with van der Waals surface area (Å²) < 4.78 is 42.1. The Bertz CT molecular complexity index is 2780. The SMILES string of the molecule is CC1(C)CCC(CN2CCN(c3ccc(C(=O)NS(=O)(=O)c4cc5c(c([N+](=O)[O-])c4)N[C@H](CCN4CC(C)(O)C4)CO5)c(Oc4cnc5[nH]ccc5c4)c3)CC2)=C(c2ccc(Cl)cc2)C1. The van der Waals surface area contributed by atoms with Crippen LogP contribution in [0.15, 0.2) is 89.6 Å². The number of pyridine rings is 1. The topological polar surface area (TPSA) is 195 Å². The van der Waals surface area contributed by atoms with E-state index in [4.69, 9.17) is 21.1 Å². The zero-order chi connectivity index (χ0) is 45.7. The molecule has 0 saturated carbocycles. The second-order valence-electron chi connectivity index (χ2n) is 18.7. The first-order valence-electron chi connectivity index (χ1n) is 21.9. The van der Waals surface area contributed by atoms with E-state index < -0.39 is 37.0 Å². The highest BCUT2D eigenvalue weighted by Gasteiger charge is 2.38. The number of nitrogens with one attached hydrogen (secondary N) is 3. The van der Waals surface area contributed by atoms with Gasteiger partial charge in [-0.05, 0) is 85.6 Å². The average molecular weight is 926 g/mol. The van der Waals surface area contributed by atoms with Crippen molar-refractivity contribution in [1.29, 1.82) is 0 Å². The van der Waals surface area contributed by atoms with Crippen LogP contribution in [0.5, 0.6) is 17.2 Å². The molecule has 1 atom stereocenters. The third kappa shape index (κ3) is 9.94. The average Bonchev–Trinajstić information content (AvgIpc) is 3.73. The van der Waals surface area contributed by atoms with E-state index >= 15 is 0 Å². The molecule has 3 aromatic carbocycles. The number of likely N-dealkylation sites (tertiary alicyclic amines) is 1. The van der Waals surface area contributed by atoms with E-state index in [9.17, 15) is 28.4 Å². The number of nitrogens with zero attached hydrogens (tertiary/aromatic N) is 5. The third-order valence-electron chi connectivity index (χ3n) is 12.8. The van der Waals surface area contributed by atoms with Crippen molar-refractivity contribution in [2.45, 2.75) is 63.0 Å². The summed E-state index contributed by atoms with van der Waals surface area (Å²) in [4.78, 5) is 39.4. The van der Waals surface area contributed by atoms with Crippen molar-refractivity contribution in [3.05, 3.63) is 111 Å². The largest absolute Gasteiger partial charge is 0.489 e. The highest BCUT2D eigenvalue weighted by atomic mass is 35.5. The van der Waals surface area contributed by atoms with Gasteiger partial charge in [-0.1, -0.05) is 43.2 Å². The van der Waals surface area contributed by atoms with Crippen molar-refractivity contribution in [3.8, 4) is 17.2 Å². The first-order valence-corrected chi connectivity index (χ1v) is 23.8. The van der Waals surface area contributed by atoms with Gasteiger partial charge in [-0.15, -0.1) is 0 Å². The number of sulfonamides is 1. The van der Waals surface area contributed by atoms with Gasteiger partial charge in [-0.25, -0.2) is 18.1 Å². The van der Waals surface area contributed by atoms with Crippen LogP contribution in [-0.4, -0.2) is 115 Å². The minimum Gasteiger partial charge on any atom is -0.489 e. The predicted molar refractivity (Wildman–Crippen MR) is 250 cm³/mol. The van der Waals surface area contributed by atoms with Gasteiger partial charge in [-0.3, -0.25) is 24.7 Å². The summed E-state index contributed by atoms with van der Waals surface area (Å²) in [5, 5.41) is 27.0. The van der Waals surface area contributed by atoms with Crippen molar-refractivity contribution < 1.29 is 32.7 Å². The molecular weight excluding hydrogens is 872 g/mol. The standard InChI is InChI=1S/C47H53ClN8O8S/c1-46(2)13-10-32(39(24-46)30-4-6-33(48)7-5-30)26-53-16-18-55(19-17-53)35-8-9-38(41(21-35)64-36-20-31-11-14-49-44(31)50-25-36)45(57)52-65(61,62)37-22-40(56(59)60)43-42(23-37)63-27-34(51-43)12-15-54-28-47(3,58)29-54/h4-9,11,14,20-23,25,34,51,58H,10,12-13,15-19,24,26-29H2,1-3H3,(H,49,50)(H,52,57)/t34-/m1/s1. The van der Waals surface area contributed by atoms with Crippen LogP contribution in [-0.2, 0) is 10.0 Å². The second-order valence-corrected chi connectivity index (χ2v) is 20.8. The quantitative estimate of drug-likeness (QED) is 0.0672. The summed E-state index contributed by atoms with van der Waals surface area (Å²) in [6.07, 6.45) is 7.02. The number of β-amino-alcohol motifs (C(OH)–C–C–N with tert-alkyl or cyclic N) is 1. The molecule has 4 N–H and O–H groups in total. The lowest BCUT2D eigenvalue weighted by molar-refractivity contribution is -0.384. The molecule has 5 aromatic rings. The third-order valence-corrected chi connectivity index (χ3v) is 14.4. The normalized spacial score (nSPS) is 19.8. The number of aromatic amines is 1. The highest BCUT2D eigenvalue weighted by Crippen LogP contribution is 2.44. The molecule has 0 spiro atoms. The Morgan fingerprint density at radius 1 is 1.05 bits per heavy atom. The Morgan fingerprint density at radius 2 is 1.82 bits per heavy atom. The molecule has 2 fully saturated rings. The summed E-state index contributed by atoms with van der Waals surface area (Å²) in [5.41, 5.74) is 4.51. The molecule has 2 aromatic heterocycles. The number of H-pyrrole nitrogens is 1. The molecule has 4 aliphatic rings. The molecule has 0 bridgehead atoms. The number of ether oxygens (including phenoxy) is 2. The Labute approximate surface area is 382 Å². The molecule has 1 amide bonds. The highest BCUT2D eigenvalue weighted by molar-refractivity contribution is 7.90. The Kier molecular flexibility index (Phi) is 12.0. The van der Waals surface area contributed by atoms with E-state index in [0.717, 1.165) is 61.1 Å². The number of halogens is 1. The van der Waals surface area contributed by atoms with Gasteiger partial charge in [0.2, 0.25) is 0 Å². The number of nitro benzene ring substituents is 1. The number of aromatic nitrogens is 2. The molecule has 342 valence electrons. The monoisotopic (exact) mass is 924 g/mol. The van der Waals surface area contributed by atoms with Gasteiger partial charge in [-0.2, -0.15) is 0 Å². The number of allylic oxidation sites excluding steroid dienone is 1. The van der Waals surface area contributed by atoms with Crippen LogP contribution in [0.25, 0.3) is 16.6 Å². The minimum absolute atomic E-state index is 0.0160. The molecule has 5 heterocycles. The number of anilines is 2. The number of fused-ring (bicyclic) bond motifs is 2. The molecule has 0 unspecified atom stereocenters. The zero-order valence-corrected chi connectivity index (χ0v) is 38.2. The molecule has 9 rings (SSSR count). The number of hydrogen-bond acceptors (Lipinski definition) is 13. The molecule has 18 heteroatoms. The van der Waals surface area contributed by atoms with Crippen LogP contribution < -0.4 is 24.4 Å². The van der Waals surface area contributed by atoms with Gasteiger partial charge in [0.15, 0.2) is 11.4 Å². The fourth-order valence-electron chi connectivity index (χ4n) is 9.36. The maximum Gasteiger partial charge on any atom is 0.297 e. The number of amides is 1. The summed E-state index contributed by atoms with van der Waals surface area (Å²) in [6, 6.07) is 18.6. The molecule has 0 radical (unpaired) electrons. The Hall–Kier alpha value is -5.72. The lowest BCUT2D eigenvalue weighted by Crippen LogP contribution is -2.60. The van der Waals surface area contributed by atoms with Crippen molar-refractivity contribution in [2.75, 3.05) is 69.2 Å². The second kappa shape index (κ2) is 17.6. The molecular formula is C47H53ClN8O8S. The molecule has 2 saturated heterocycles. The van der Waals surface area contributed by atoms with E-state index in [-0.39, 0.29) is 40.8 Å². The Morgan fingerprint density at radius 3 is 2.55 bits per heavy atom. The van der Waals surface area contributed by atoms with E-state index in [1.54, 1.807) is 31.3 Å². The van der Waals surface area contributed by atoms with Gasteiger partial charge in [0.25, 0.3) is 21.6 Å². The number of aliphatic hydroxyl groups is 1. The smallest absolute Gasteiger partial charge is 0.297 e. The van der Waals surface area contributed by atoms with Crippen molar-refractivity contribution >= 4 is 61.2 Å². The number of nitro groups is 1. The maximum absolute atomic E-state index is 14.0. The summed E-state index contributed by atoms with van der Waals surface area (Å²) in [5.74, 6) is -0.565. The predicted octanol–water partition coefficient (Wildman–Crippen LogP) is 7.45. The van der Waals surface area contributed by atoms with Gasteiger partial charge in [0.1, 0.15) is 23.8 Å². The van der Waals surface area contributed by atoms with E-state index in [2.05, 4.69) is 60.7 Å². The summed E-state index contributed by atoms with van der Waals surface area (Å²) in [7, 11) is -4.67. The summed E-state index contributed by atoms with van der Waals surface area (Å²) >= 11 is 6.25. The molecule has 3 aliphatic heterocycles. The summed E-state index contributed by atoms with van der Waals surface area (Å²) in [6.45, 7) is 12.2. The fraction of sp³-hybridized carbons (Fsp3) is 0.404. The number of rotatable bonds is 13. The lowest BCUT2D eigenvalue weighted by Gasteiger charge is -2.44. The fourth-order valence-corrected chi connectivity index (χ4v) is 10.5. The van der Waals surface area contributed by atoms with Crippen molar-refractivity contribution in [1.82, 2.24) is 24.5 Å². The van der Waals surface area contributed by atoms with Gasteiger partial charge >= 0.3 is 0 Å². The van der Waals surface area contributed by atoms with Gasteiger partial charge < -0.3 is 29.8 Å². The van der Waals surface area contributed by atoms with Crippen LogP contribution in [0.4, 0.5) is 17.1 Å².